The molecule has 38 heavy (non-hydrogen) atoms. The molecular weight excluding hydrogens is 470 g/mol. The molecule has 0 saturated carbocycles. The monoisotopic (exact) mass is 513 g/mol. The van der Waals surface area contributed by atoms with Gasteiger partial charge in [0.1, 0.15) is 17.2 Å². The van der Waals surface area contributed by atoms with E-state index in [-0.39, 0.29) is 17.6 Å². The van der Waals surface area contributed by atoms with E-state index < -0.39 is 0 Å². The van der Waals surface area contributed by atoms with E-state index in [0.717, 1.165) is 30.1 Å². The molecule has 0 aliphatic carbocycles. The molecule has 5 rings (SSSR count). The van der Waals surface area contributed by atoms with Crippen molar-refractivity contribution < 1.29 is 14.6 Å². The zero-order chi connectivity index (χ0) is 26.0. The second-order valence-electron chi connectivity index (χ2n) is 11.0. The predicted molar refractivity (Wildman–Crippen MR) is 155 cm³/mol. The van der Waals surface area contributed by atoms with Crippen molar-refractivity contribution in [2.75, 3.05) is 32.8 Å². The first-order valence-corrected chi connectivity index (χ1v) is 14.7. The summed E-state index contributed by atoms with van der Waals surface area (Å²) in [5.74, 6) is 2.34. The van der Waals surface area contributed by atoms with Gasteiger partial charge in [-0.3, -0.25) is 0 Å². The fourth-order valence-corrected chi connectivity index (χ4v) is 6.09. The van der Waals surface area contributed by atoms with Crippen LogP contribution in [0.5, 0.6) is 17.2 Å². The Morgan fingerprint density at radius 3 is 2.24 bits per heavy atom. The molecule has 4 nitrogen and oxygen atoms in total. The van der Waals surface area contributed by atoms with Crippen LogP contribution in [0.1, 0.15) is 86.3 Å². The van der Waals surface area contributed by atoms with E-state index in [1.54, 1.807) is 6.07 Å². The Morgan fingerprint density at radius 1 is 0.763 bits per heavy atom. The Hall–Kier alpha value is -2.98. The summed E-state index contributed by atoms with van der Waals surface area (Å²) in [6, 6.07) is 24.5. The Kier molecular flexibility index (Phi) is 9.60. The van der Waals surface area contributed by atoms with Gasteiger partial charge in [-0.25, -0.2) is 0 Å². The Bertz CT molecular complexity index is 1110. The van der Waals surface area contributed by atoms with Crippen LogP contribution in [0.25, 0.3) is 0 Å². The van der Waals surface area contributed by atoms with Crippen molar-refractivity contribution in [2.45, 2.75) is 69.6 Å². The van der Waals surface area contributed by atoms with Gasteiger partial charge in [0.25, 0.3) is 0 Å². The van der Waals surface area contributed by atoms with Crippen molar-refractivity contribution in [1.29, 1.82) is 0 Å². The SMILES string of the molecule is Oc1ccc2c(c1)[C@H](c1ccc(OCCCCCCCCCN3CCCC3)cc1)[C@@H](c1ccccc1)CO2. The van der Waals surface area contributed by atoms with Crippen molar-refractivity contribution >= 4 is 0 Å². The summed E-state index contributed by atoms with van der Waals surface area (Å²) in [5, 5.41) is 10.2. The number of aromatic hydroxyl groups is 1. The van der Waals surface area contributed by atoms with Crippen molar-refractivity contribution in [3.05, 3.63) is 89.5 Å². The van der Waals surface area contributed by atoms with E-state index in [1.165, 1.54) is 82.1 Å². The molecular formula is C34H43NO3. The topological polar surface area (TPSA) is 41.9 Å². The lowest BCUT2D eigenvalue weighted by Crippen LogP contribution is -2.25. The van der Waals surface area contributed by atoms with Gasteiger partial charge in [0.2, 0.25) is 0 Å². The molecule has 1 saturated heterocycles. The minimum atomic E-state index is 0.109. The van der Waals surface area contributed by atoms with Crippen molar-refractivity contribution in [1.82, 2.24) is 4.90 Å². The van der Waals surface area contributed by atoms with Crippen LogP contribution in [0.4, 0.5) is 0 Å². The molecule has 2 aliphatic rings. The molecule has 0 radical (unpaired) electrons. The summed E-state index contributed by atoms with van der Waals surface area (Å²) in [5.41, 5.74) is 3.50. The molecule has 1 fully saturated rings. The van der Waals surface area contributed by atoms with E-state index in [0.29, 0.717) is 6.61 Å². The third kappa shape index (κ3) is 7.11. The molecule has 3 aromatic carbocycles. The number of likely N-dealkylation sites (tertiary alicyclic amines) is 1. The summed E-state index contributed by atoms with van der Waals surface area (Å²) in [6.07, 6.45) is 11.9. The Labute approximate surface area is 228 Å². The van der Waals surface area contributed by atoms with Crippen LogP contribution in [0.2, 0.25) is 0 Å². The molecule has 2 atom stereocenters. The lowest BCUT2D eigenvalue weighted by atomic mass is 9.76. The first-order valence-electron chi connectivity index (χ1n) is 14.7. The van der Waals surface area contributed by atoms with Crippen LogP contribution in [-0.2, 0) is 0 Å². The maximum atomic E-state index is 10.2. The van der Waals surface area contributed by atoms with Gasteiger partial charge in [0, 0.05) is 17.4 Å². The van der Waals surface area contributed by atoms with E-state index in [9.17, 15) is 5.11 Å². The van der Waals surface area contributed by atoms with Gasteiger partial charge >= 0.3 is 0 Å². The number of unbranched alkanes of at least 4 members (excludes halogenated alkanes) is 6. The largest absolute Gasteiger partial charge is 0.508 e. The summed E-state index contributed by atoms with van der Waals surface area (Å²) in [6.45, 7) is 5.34. The highest BCUT2D eigenvalue weighted by Gasteiger charge is 2.33. The van der Waals surface area contributed by atoms with Gasteiger partial charge in [0.15, 0.2) is 0 Å². The number of benzene rings is 3. The smallest absolute Gasteiger partial charge is 0.123 e. The summed E-state index contributed by atoms with van der Waals surface area (Å²) in [4.78, 5) is 2.62. The molecule has 0 bridgehead atoms. The molecule has 2 heterocycles. The Morgan fingerprint density at radius 2 is 1.47 bits per heavy atom. The third-order valence-electron chi connectivity index (χ3n) is 8.20. The zero-order valence-corrected chi connectivity index (χ0v) is 22.7. The lowest BCUT2D eigenvalue weighted by Gasteiger charge is -2.34. The van der Waals surface area contributed by atoms with Crippen LogP contribution < -0.4 is 9.47 Å². The van der Waals surface area contributed by atoms with Crippen molar-refractivity contribution in [2.24, 2.45) is 0 Å². The Balaban J connectivity index is 1.09. The first-order chi connectivity index (χ1) is 18.8. The molecule has 0 aromatic heterocycles. The van der Waals surface area contributed by atoms with E-state index in [4.69, 9.17) is 9.47 Å². The van der Waals surface area contributed by atoms with Crippen molar-refractivity contribution in [3.8, 4) is 17.2 Å². The minimum Gasteiger partial charge on any atom is -0.508 e. The fraction of sp³-hybridized carbons (Fsp3) is 0.471. The molecule has 2 aliphatic heterocycles. The van der Waals surface area contributed by atoms with Crippen LogP contribution in [0.15, 0.2) is 72.8 Å². The van der Waals surface area contributed by atoms with Gasteiger partial charge in [-0.15, -0.1) is 0 Å². The first kappa shape index (κ1) is 26.6. The number of nitrogens with zero attached hydrogens (tertiary/aromatic N) is 1. The number of hydrogen-bond donors (Lipinski definition) is 1. The molecule has 0 unspecified atom stereocenters. The van der Waals surface area contributed by atoms with Gasteiger partial charge in [-0.1, -0.05) is 74.6 Å². The van der Waals surface area contributed by atoms with E-state index in [1.807, 2.05) is 18.2 Å². The summed E-state index contributed by atoms with van der Waals surface area (Å²) in [7, 11) is 0. The standard InChI is InChI=1S/C34H43NO3/c36-29-17-20-33-31(25-29)34(32(26-38-33)27-13-7-6-8-14-27)28-15-18-30(19-16-28)37-24-12-5-3-1-2-4-9-21-35-22-10-11-23-35/h6-8,13-20,25,32,34,36H,1-5,9-12,21-24,26H2/t32-,34+/m1/s1. The maximum Gasteiger partial charge on any atom is 0.123 e. The molecule has 1 N–H and O–H groups in total. The number of phenols is 1. The molecule has 0 amide bonds. The number of hydrogen-bond acceptors (Lipinski definition) is 4. The van der Waals surface area contributed by atoms with Gasteiger partial charge in [-0.2, -0.15) is 0 Å². The number of phenolic OH excluding ortho intramolecular Hbond substituents is 1. The summed E-state index contributed by atoms with van der Waals surface area (Å²) >= 11 is 0. The minimum absolute atomic E-state index is 0.109. The van der Waals surface area contributed by atoms with E-state index in [2.05, 4.69) is 53.4 Å². The van der Waals surface area contributed by atoms with Gasteiger partial charge in [-0.05, 0) is 86.8 Å². The number of fused-ring (bicyclic) bond motifs is 1. The normalized spacial score (nSPS) is 19.2. The quantitative estimate of drug-likeness (QED) is 0.236. The maximum absolute atomic E-state index is 10.2. The average molecular weight is 514 g/mol. The van der Waals surface area contributed by atoms with Gasteiger partial charge < -0.3 is 19.5 Å². The fourth-order valence-electron chi connectivity index (χ4n) is 6.09. The highest BCUT2D eigenvalue weighted by atomic mass is 16.5. The second kappa shape index (κ2) is 13.7. The third-order valence-corrected chi connectivity index (χ3v) is 8.20. The average Bonchev–Trinajstić information content (AvgIpc) is 3.48. The van der Waals surface area contributed by atoms with Gasteiger partial charge in [0.05, 0.1) is 13.2 Å². The molecule has 4 heteroatoms. The molecule has 202 valence electrons. The second-order valence-corrected chi connectivity index (χ2v) is 11.0. The number of ether oxygens (including phenoxy) is 2. The van der Waals surface area contributed by atoms with E-state index >= 15 is 0 Å². The molecule has 3 aromatic rings. The van der Waals surface area contributed by atoms with Crippen LogP contribution in [-0.4, -0.2) is 42.9 Å². The summed E-state index contributed by atoms with van der Waals surface area (Å²) < 4.78 is 12.2. The number of rotatable bonds is 13. The lowest BCUT2D eigenvalue weighted by molar-refractivity contribution is 0.248. The molecule has 0 spiro atoms. The predicted octanol–water partition coefficient (Wildman–Crippen LogP) is 7.91. The van der Waals surface area contributed by atoms with Crippen molar-refractivity contribution in [3.63, 3.8) is 0 Å². The highest BCUT2D eigenvalue weighted by molar-refractivity contribution is 5.51. The zero-order valence-electron chi connectivity index (χ0n) is 22.7. The van der Waals surface area contributed by atoms with Crippen LogP contribution in [0, 0.1) is 0 Å². The highest BCUT2D eigenvalue weighted by Crippen LogP contribution is 2.47. The van der Waals surface area contributed by atoms with Crippen LogP contribution in [0.3, 0.4) is 0 Å². The van der Waals surface area contributed by atoms with Crippen LogP contribution >= 0.6 is 0 Å².